The first-order chi connectivity index (χ1) is 22.2. The van der Waals surface area contributed by atoms with Gasteiger partial charge in [0.05, 0.1) is 39.0 Å². The number of carbonyl (C=O) groups excluding carboxylic acids is 2. The fourth-order valence-electron chi connectivity index (χ4n) is 6.95. The number of rotatable bonds is 6. The van der Waals surface area contributed by atoms with Gasteiger partial charge in [0.1, 0.15) is 17.7 Å². The predicted octanol–water partition coefficient (Wildman–Crippen LogP) is 2.19. The van der Waals surface area contributed by atoms with E-state index in [-0.39, 0.29) is 29.7 Å². The van der Waals surface area contributed by atoms with Crippen LogP contribution in [0.3, 0.4) is 0 Å². The summed E-state index contributed by atoms with van der Waals surface area (Å²) in [4.78, 5) is 40.6. The molecule has 3 aromatic rings. The third-order valence-electron chi connectivity index (χ3n) is 9.46. The predicted molar refractivity (Wildman–Crippen MR) is 167 cm³/mol. The summed E-state index contributed by atoms with van der Waals surface area (Å²) in [7, 11) is 5.05. The zero-order valence-electron chi connectivity index (χ0n) is 26.1. The second-order valence-corrected chi connectivity index (χ2v) is 12.4. The third kappa shape index (κ3) is 5.37. The molecule has 11 nitrogen and oxygen atoms in total. The molecule has 2 N–H and O–H groups in total. The van der Waals surface area contributed by atoms with E-state index in [1.165, 1.54) is 0 Å². The zero-order chi connectivity index (χ0) is 32.1. The maximum atomic E-state index is 12.6. The Bertz CT molecular complexity index is 1840. The fourth-order valence-corrected chi connectivity index (χ4v) is 6.95. The number of benzene rings is 2. The van der Waals surface area contributed by atoms with E-state index in [0.29, 0.717) is 49.8 Å². The van der Waals surface area contributed by atoms with Crippen molar-refractivity contribution in [1.29, 1.82) is 0 Å². The molecule has 2 unspecified atom stereocenters. The van der Waals surface area contributed by atoms with Gasteiger partial charge >= 0.3 is 0 Å². The van der Waals surface area contributed by atoms with Gasteiger partial charge in [-0.05, 0) is 47.4 Å². The number of hydrogen-bond donors (Lipinski definition) is 2. The maximum Gasteiger partial charge on any atom is 0.256 e. The number of likely N-dealkylation sites (tertiary alicyclic amines) is 1. The monoisotopic (exact) mass is 624 g/mol. The molecule has 5 heterocycles. The smallest absolute Gasteiger partial charge is 0.256 e. The minimum Gasteiger partial charge on any atom is -0.496 e. The second-order valence-electron chi connectivity index (χ2n) is 12.4. The molecule has 7 rings (SSSR count). The number of ether oxygens (including phenoxy) is 3. The normalized spacial score (nSPS) is 21.2. The van der Waals surface area contributed by atoms with Crippen LogP contribution in [0.4, 0.5) is 0 Å². The highest BCUT2D eigenvalue weighted by Crippen LogP contribution is 2.39. The first-order valence-corrected chi connectivity index (χ1v) is 15.4. The molecule has 2 atom stereocenters. The van der Waals surface area contributed by atoms with Gasteiger partial charge < -0.3 is 23.9 Å². The van der Waals surface area contributed by atoms with Gasteiger partial charge in [-0.15, -0.1) is 0 Å². The lowest BCUT2D eigenvalue weighted by Gasteiger charge is -2.37. The SMILES string of the molecule is COc1cc(-c2cn(C)c(=O)c3c2COC3)cc(OC)c1CN1CC(C#Cc2ccc3c(c2)C(O)N(C2CCC(=O)NC2=O)C3)C1. The number of carbonyl (C=O) groups is 2. The lowest BCUT2D eigenvalue weighted by atomic mass is 9.95. The van der Waals surface area contributed by atoms with Crippen LogP contribution in [-0.2, 0) is 47.7 Å². The van der Waals surface area contributed by atoms with E-state index < -0.39 is 12.3 Å². The van der Waals surface area contributed by atoms with E-state index in [1.807, 2.05) is 36.5 Å². The summed E-state index contributed by atoms with van der Waals surface area (Å²) in [6.45, 7) is 3.40. The zero-order valence-corrected chi connectivity index (χ0v) is 26.1. The summed E-state index contributed by atoms with van der Waals surface area (Å²) in [5.41, 5.74) is 6.88. The van der Waals surface area contributed by atoms with Gasteiger partial charge in [-0.3, -0.25) is 29.5 Å². The first-order valence-electron chi connectivity index (χ1n) is 15.4. The van der Waals surface area contributed by atoms with Crippen LogP contribution in [0, 0.1) is 17.8 Å². The number of aromatic nitrogens is 1. The Morgan fingerprint density at radius 3 is 2.50 bits per heavy atom. The largest absolute Gasteiger partial charge is 0.496 e. The van der Waals surface area contributed by atoms with E-state index in [4.69, 9.17) is 14.2 Å². The number of nitrogens with zero attached hydrogens (tertiary/aromatic N) is 3. The van der Waals surface area contributed by atoms with Crippen molar-refractivity contribution >= 4 is 11.8 Å². The molecule has 0 spiro atoms. The van der Waals surface area contributed by atoms with Crippen molar-refractivity contribution in [2.24, 2.45) is 13.0 Å². The standard InChI is InChI=1S/C35H36N4O7/c1-37-16-25(27-18-46-19-28(27)34(37)42)23-11-30(44-2)26(31(12-23)45-3)17-38-13-21(14-38)5-4-20-6-7-22-15-39(35(43)24(22)10-20)29-8-9-32(40)36-33(29)41/h6-7,10-12,16,21,29,35,43H,8-9,13-15,17-19H2,1-3H3,(H,36,40,41). The molecule has 2 aromatic carbocycles. The van der Waals surface area contributed by atoms with Crippen molar-refractivity contribution in [2.45, 2.75) is 51.4 Å². The summed E-state index contributed by atoms with van der Waals surface area (Å²) < 4.78 is 18.9. The number of imide groups is 1. The highest BCUT2D eigenvalue weighted by Gasteiger charge is 2.39. The van der Waals surface area contributed by atoms with Crippen molar-refractivity contribution < 1.29 is 28.9 Å². The first kappa shape index (κ1) is 30.2. The van der Waals surface area contributed by atoms with Crippen molar-refractivity contribution in [3.63, 3.8) is 0 Å². The minimum absolute atomic E-state index is 0.0348. The topological polar surface area (TPSA) is 123 Å². The van der Waals surface area contributed by atoms with E-state index >= 15 is 0 Å². The number of piperidine rings is 1. The molecule has 2 fully saturated rings. The van der Waals surface area contributed by atoms with Gasteiger partial charge in [-0.25, -0.2) is 0 Å². The molecule has 11 heteroatoms. The van der Waals surface area contributed by atoms with Crippen molar-refractivity contribution in [3.8, 4) is 34.5 Å². The molecule has 4 aliphatic heterocycles. The summed E-state index contributed by atoms with van der Waals surface area (Å²) in [6.07, 6.45) is 1.59. The van der Waals surface area contributed by atoms with Crippen LogP contribution in [0.1, 0.15) is 52.5 Å². The van der Waals surface area contributed by atoms with Gasteiger partial charge in [0.15, 0.2) is 0 Å². The van der Waals surface area contributed by atoms with Crippen LogP contribution >= 0.6 is 0 Å². The lowest BCUT2D eigenvalue weighted by molar-refractivity contribution is -0.141. The quantitative estimate of drug-likeness (QED) is 0.314. The van der Waals surface area contributed by atoms with Gasteiger partial charge in [0, 0.05) is 74.0 Å². The molecule has 238 valence electrons. The number of aliphatic hydroxyl groups excluding tert-OH is 1. The Hall–Kier alpha value is -4.47. The number of aliphatic hydroxyl groups is 1. The molecule has 2 saturated heterocycles. The summed E-state index contributed by atoms with van der Waals surface area (Å²) in [5, 5.41) is 13.4. The summed E-state index contributed by atoms with van der Waals surface area (Å²) in [5.74, 6) is 7.65. The van der Waals surface area contributed by atoms with Crippen LogP contribution in [0.2, 0.25) is 0 Å². The number of hydrogen-bond acceptors (Lipinski definition) is 9. The molecular weight excluding hydrogens is 588 g/mol. The second kappa shape index (κ2) is 12.0. The van der Waals surface area contributed by atoms with Crippen molar-refractivity contribution in [2.75, 3.05) is 27.3 Å². The number of methoxy groups -OCH3 is 2. The molecule has 0 saturated carbocycles. The lowest BCUT2D eigenvalue weighted by Crippen LogP contribution is -2.51. The highest BCUT2D eigenvalue weighted by atomic mass is 16.5. The van der Waals surface area contributed by atoms with Crippen LogP contribution in [0.15, 0.2) is 41.3 Å². The van der Waals surface area contributed by atoms with E-state index in [1.54, 1.807) is 30.7 Å². The van der Waals surface area contributed by atoms with Gasteiger partial charge in [-0.2, -0.15) is 0 Å². The average molecular weight is 625 g/mol. The van der Waals surface area contributed by atoms with Crippen LogP contribution < -0.4 is 20.3 Å². The summed E-state index contributed by atoms with van der Waals surface area (Å²) >= 11 is 0. The Morgan fingerprint density at radius 2 is 1.78 bits per heavy atom. The number of fused-ring (bicyclic) bond motifs is 2. The Morgan fingerprint density at radius 1 is 1.04 bits per heavy atom. The molecule has 0 radical (unpaired) electrons. The molecule has 46 heavy (non-hydrogen) atoms. The van der Waals surface area contributed by atoms with E-state index in [2.05, 4.69) is 22.1 Å². The number of amides is 2. The maximum absolute atomic E-state index is 12.6. The molecule has 2 amide bonds. The van der Waals surface area contributed by atoms with Gasteiger partial charge in [0.2, 0.25) is 11.8 Å². The molecule has 0 bridgehead atoms. The van der Waals surface area contributed by atoms with Gasteiger partial charge in [0.25, 0.3) is 5.56 Å². The minimum atomic E-state index is -0.917. The van der Waals surface area contributed by atoms with Crippen molar-refractivity contribution in [3.05, 3.63) is 80.3 Å². The average Bonchev–Trinajstić information content (AvgIpc) is 3.65. The Kier molecular flexibility index (Phi) is 7.90. The summed E-state index contributed by atoms with van der Waals surface area (Å²) in [6, 6.07) is 9.27. The molecule has 0 aliphatic carbocycles. The third-order valence-corrected chi connectivity index (χ3v) is 9.46. The Balaban J connectivity index is 1.02. The number of aryl methyl sites for hydroxylation is 1. The van der Waals surface area contributed by atoms with Crippen LogP contribution in [-0.4, -0.2) is 64.6 Å². The number of pyridine rings is 1. The Labute approximate surface area is 266 Å². The molecular formula is C35H36N4O7. The highest BCUT2D eigenvalue weighted by molar-refractivity contribution is 6.00. The van der Waals surface area contributed by atoms with Gasteiger partial charge in [-0.1, -0.05) is 17.9 Å². The molecule has 4 aliphatic rings. The van der Waals surface area contributed by atoms with Crippen molar-refractivity contribution in [1.82, 2.24) is 19.7 Å². The molecule has 1 aromatic heterocycles. The fraction of sp³-hybridized carbons (Fsp3) is 0.400. The van der Waals surface area contributed by atoms with Crippen LogP contribution in [0.25, 0.3) is 11.1 Å². The van der Waals surface area contributed by atoms with E-state index in [0.717, 1.165) is 52.0 Å². The number of nitrogens with one attached hydrogen (secondary N) is 1. The van der Waals surface area contributed by atoms with Crippen LogP contribution in [0.5, 0.6) is 11.5 Å². The van der Waals surface area contributed by atoms with E-state index in [9.17, 15) is 19.5 Å².